The van der Waals surface area contributed by atoms with Gasteiger partial charge >= 0.3 is 0 Å². The highest BCUT2D eigenvalue weighted by Gasteiger charge is 2.10. The molecule has 0 heterocycles. The van der Waals surface area contributed by atoms with E-state index in [1.165, 1.54) is 32.1 Å². The zero-order valence-corrected chi connectivity index (χ0v) is 6.97. The van der Waals surface area contributed by atoms with E-state index in [0.29, 0.717) is 6.04 Å². The van der Waals surface area contributed by atoms with Gasteiger partial charge in [-0.3, -0.25) is 0 Å². The number of rotatable bonds is 1. The molecule has 9 heavy (non-hydrogen) atoms. The second-order valence-electron chi connectivity index (χ2n) is 2.44. The lowest BCUT2D eigenvalue weighted by molar-refractivity contribution is 0.420. The summed E-state index contributed by atoms with van der Waals surface area (Å²) in [5, 5.41) is 0. The van der Waals surface area contributed by atoms with Crippen LogP contribution in [0.3, 0.4) is 0 Å². The highest BCUT2D eigenvalue weighted by molar-refractivity contribution is 6.13. The minimum absolute atomic E-state index is 0. The van der Waals surface area contributed by atoms with Gasteiger partial charge < -0.3 is 0 Å². The van der Waals surface area contributed by atoms with E-state index in [9.17, 15) is 0 Å². The third-order valence-electron chi connectivity index (χ3n) is 1.76. The Morgan fingerprint density at radius 3 is 2.00 bits per heavy atom. The normalized spacial score (nSPS) is 21.0. The van der Waals surface area contributed by atoms with E-state index in [4.69, 9.17) is 11.8 Å². The first-order valence-electron chi connectivity index (χ1n) is 3.29. The summed E-state index contributed by atoms with van der Waals surface area (Å²) in [6.45, 7) is 0. The Hall–Kier alpha value is 0.540. The Balaban J connectivity index is 0.000000640. The van der Waals surface area contributed by atoms with Crippen LogP contribution in [-0.2, 0) is 0 Å². The van der Waals surface area contributed by atoms with Crippen LogP contribution in [0.25, 0.3) is 0 Å². The van der Waals surface area contributed by atoms with Gasteiger partial charge in [-0.15, -0.1) is 12.4 Å². The number of halogens is 2. The Kier molecular flexibility index (Phi) is 5.65. The monoisotopic (exact) mass is 169 g/mol. The summed E-state index contributed by atoms with van der Waals surface area (Å²) in [5.41, 5.74) is 0. The summed E-state index contributed by atoms with van der Waals surface area (Å²) in [5.74, 6) is 0. The molecule has 1 nitrogen and oxygen atoms in total. The number of hydrogen-bond donors (Lipinski definition) is 1. The van der Waals surface area contributed by atoms with Gasteiger partial charge in [0.05, 0.1) is 0 Å². The standard InChI is InChI=1S/C6H12ClN.ClH/c7-8-6-4-2-1-3-5-6;/h6,8H,1-5H2;1H. The topological polar surface area (TPSA) is 12.0 Å². The van der Waals surface area contributed by atoms with E-state index < -0.39 is 0 Å². The first-order chi connectivity index (χ1) is 3.93. The molecular weight excluding hydrogens is 157 g/mol. The summed E-state index contributed by atoms with van der Waals surface area (Å²) in [7, 11) is 0. The van der Waals surface area contributed by atoms with E-state index in [-0.39, 0.29) is 12.4 Å². The van der Waals surface area contributed by atoms with Gasteiger partial charge in [0.15, 0.2) is 0 Å². The molecule has 56 valence electrons. The maximum absolute atomic E-state index is 5.43. The van der Waals surface area contributed by atoms with Crippen molar-refractivity contribution in [3.63, 3.8) is 0 Å². The van der Waals surface area contributed by atoms with Crippen LogP contribution in [0.4, 0.5) is 0 Å². The van der Waals surface area contributed by atoms with Gasteiger partial charge in [-0.1, -0.05) is 19.3 Å². The van der Waals surface area contributed by atoms with E-state index in [0.717, 1.165) is 0 Å². The lowest BCUT2D eigenvalue weighted by Gasteiger charge is -2.18. The Labute approximate surface area is 67.7 Å². The smallest absolute Gasteiger partial charge is 0.0220 e. The molecule has 0 radical (unpaired) electrons. The van der Waals surface area contributed by atoms with Crippen LogP contribution in [0.15, 0.2) is 0 Å². The van der Waals surface area contributed by atoms with Gasteiger partial charge in [-0.05, 0) is 24.6 Å². The first-order valence-corrected chi connectivity index (χ1v) is 3.67. The molecular formula is C6H13Cl2N. The van der Waals surface area contributed by atoms with Crippen LogP contribution in [0.5, 0.6) is 0 Å². The summed E-state index contributed by atoms with van der Waals surface area (Å²) >= 11 is 5.43. The van der Waals surface area contributed by atoms with E-state index in [2.05, 4.69) is 4.84 Å². The van der Waals surface area contributed by atoms with Crippen molar-refractivity contribution in [3.8, 4) is 0 Å². The van der Waals surface area contributed by atoms with Gasteiger partial charge in [0.25, 0.3) is 0 Å². The molecule has 0 unspecified atom stereocenters. The molecule has 0 spiro atoms. The zero-order valence-electron chi connectivity index (χ0n) is 5.40. The Morgan fingerprint density at radius 2 is 1.67 bits per heavy atom. The van der Waals surface area contributed by atoms with Crippen LogP contribution >= 0.6 is 24.2 Å². The molecule has 0 bridgehead atoms. The molecule has 0 amide bonds. The van der Waals surface area contributed by atoms with Gasteiger partial charge in [0, 0.05) is 6.04 Å². The molecule has 1 aliphatic carbocycles. The van der Waals surface area contributed by atoms with Crippen molar-refractivity contribution < 1.29 is 0 Å². The highest BCUT2D eigenvalue weighted by Crippen LogP contribution is 2.17. The summed E-state index contributed by atoms with van der Waals surface area (Å²) < 4.78 is 0. The quantitative estimate of drug-likeness (QED) is 0.596. The summed E-state index contributed by atoms with van der Waals surface area (Å²) in [6, 6.07) is 0.602. The van der Waals surface area contributed by atoms with Crippen molar-refractivity contribution in [1.29, 1.82) is 0 Å². The third kappa shape index (κ3) is 3.29. The minimum atomic E-state index is 0. The SMILES string of the molecule is Cl.ClNC1CCCCC1. The maximum Gasteiger partial charge on any atom is 0.0220 e. The fourth-order valence-electron chi connectivity index (χ4n) is 1.21. The van der Waals surface area contributed by atoms with Gasteiger partial charge in [0.2, 0.25) is 0 Å². The highest BCUT2D eigenvalue weighted by atomic mass is 35.5. The van der Waals surface area contributed by atoms with Crippen LogP contribution in [0.1, 0.15) is 32.1 Å². The lowest BCUT2D eigenvalue weighted by atomic mass is 9.96. The Morgan fingerprint density at radius 1 is 1.11 bits per heavy atom. The minimum Gasteiger partial charge on any atom is -0.230 e. The van der Waals surface area contributed by atoms with Crippen molar-refractivity contribution >= 4 is 24.2 Å². The van der Waals surface area contributed by atoms with Crippen LogP contribution in [-0.4, -0.2) is 6.04 Å². The second kappa shape index (κ2) is 5.33. The molecule has 1 rings (SSSR count). The van der Waals surface area contributed by atoms with E-state index in [1.807, 2.05) is 0 Å². The van der Waals surface area contributed by atoms with E-state index in [1.54, 1.807) is 0 Å². The predicted octanol–water partition coefficient (Wildman–Crippen LogP) is 2.48. The zero-order chi connectivity index (χ0) is 5.82. The van der Waals surface area contributed by atoms with Crippen LogP contribution < -0.4 is 4.84 Å². The predicted molar refractivity (Wildman–Crippen MR) is 43.1 cm³/mol. The molecule has 0 aromatic carbocycles. The lowest BCUT2D eigenvalue weighted by Crippen LogP contribution is -2.22. The molecule has 0 aromatic heterocycles. The summed E-state index contributed by atoms with van der Waals surface area (Å²) in [6.07, 6.45) is 6.64. The van der Waals surface area contributed by atoms with Gasteiger partial charge in [0.1, 0.15) is 0 Å². The van der Waals surface area contributed by atoms with Crippen LogP contribution in [0.2, 0.25) is 0 Å². The second-order valence-corrected chi connectivity index (χ2v) is 2.66. The molecule has 0 atom stereocenters. The van der Waals surface area contributed by atoms with Crippen LogP contribution in [0, 0.1) is 0 Å². The fourth-order valence-corrected chi connectivity index (χ4v) is 1.43. The first kappa shape index (κ1) is 9.54. The van der Waals surface area contributed by atoms with Gasteiger partial charge in [-0.25, -0.2) is 4.84 Å². The third-order valence-corrected chi connectivity index (χ3v) is 2.07. The average molecular weight is 170 g/mol. The molecule has 0 aliphatic heterocycles. The average Bonchev–Trinajstić information content (AvgIpc) is 1.90. The van der Waals surface area contributed by atoms with Crippen molar-refractivity contribution in [2.75, 3.05) is 0 Å². The molecule has 0 saturated heterocycles. The van der Waals surface area contributed by atoms with E-state index >= 15 is 0 Å². The molecule has 0 aromatic rings. The van der Waals surface area contributed by atoms with Crippen molar-refractivity contribution in [2.45, 2.75) is 38.1 Å². The largest absolute Gasteiger partial charge is 0.230 e. The summed E-state index contributed by atoms with van der Waals surface area (Å²) in [4.78, 5) is 2.78. The maximum atomic E-state index is 5.43. The molecule has 1 aliphatic rings. The van der Waals surface area contributed by atoms with Crippen molar-refractivity contribution in [3.05, 3.63) is 0 Å². The molecule has 3 heteroatoms. The number of hydrogen-bond acceptors (Lipinski definition) is 1. The molecule has 1 N–H and O–H groups in total. The van der Waals surface area contributed by atoms with Crippen molar-refractivity contribution in [1.82, 2.24) is 4.84 Å². The van der Waals surface area contributed by atoms with Crippen molar-refractivity contribution in [2.24, 2.45) is 0 Å². The Bertz CT molecular complexity index is 62.1. The van der Waals surface area contributed by atoms with Gasteiger partial charge in [-0.2, -0.15) is 0 Å². The number of nitrogens with one attached hydrogen (secondary N) is 1. The fraction of sp³-hybridized carbons (Fsp3) is 1.00. The molecule has 1 fully saturated rings. The molecule has 1 saturated carbocycles.